The van der Waals surface area contributed by atoms with Crippen molar-refractivity contribution < 1.29 is 37.5 Å². The Balaban J connectivity index is 0.000000708. The second-order valence-electron chi connectivity index (χ2n) is 9.14. The summed E-state index contributed by atoms with van der Waals surface area (Å²) in [5.74, 6) is -3.53. The van der Waals surface area contributed by atoms with Gasteiger partial charge in [-0.05, 0) is 43.0 Å². The lowest BCUT2D eigenvalue weighted by molar-refractivity contribution is -0.192. The van der Waals surface area contributed by atoms with Gasteiger partial charge in [-0.15, -0.1) is 0 Å². The monoisotopic (exact) mass is 565 g/mol. The molecule has 2 aromatic rings. The number of hydrogen-bond donors (Lipinski definition) is 4. The molecule has 10 nitrogen and oxygen atoms in total. The Morgan fingerprint density at radius 2 is 1.77 bits per heavy atom. The van der Waals surface area contributed by atoms with Gasteiger partial charge in [0.15, 0.2) is 0 Å². The van der Waals surface area contributed by atoms with E-state index in [4.69, 9.17) is 15.6 Å². The van der Waals surface area contributed by atoms with E-state index in [9.17, 15) is 27.6 Å². The number of halogens is 3. The van der Waals surface area contributed by atoms with E-state index in [1.165, 1.54) is 0 Å². The molecule has 0 aromatic heterocycles. The molecule has 0 aliphatic carbocycles. The number of nitrogens with zero attached hydrogens (tertiary/aromatic N) is 2. The number of carbonyl (C=O) groups excluding carboxylic acids is 3. The van der Waals surface area contributed by atoms with Crippen molar-refractivity contribution in [2.24, 2.45) is 11.7 Å². The predicted octanol–water partition coefficient (Wildman–Crippen LogP) is 2.47. The van der Waals surface area contributed by atoms with E-state index in [1.54, 1.807) is 47.3 Å². The number of carboxylic acids is 1. The number of piperidine rings is 1. The number of alkyl halides is 3. The van der Waals surface area contributed by atoms with Gasteiger partial charge in [0.25, 0.3) is 11.8 Å². The molecule has 218 valence electrons. The summed E-state index contributed by atoms with van der Waals surface area (Å²) < 4.78 is 31.7. The second kappa shape index (κ2) is 15.0. The average molecular weight is 566 g/mol. The number of nitrogens with one attached hydrogen (secondary N) is 2. The van der Waals surface area contributed by atoms with E-state index in [2.05, 4.69) is 10.7 Å². The van der Waals surface area contributed by atoms with Gasteiger partial charge < -0.3 is 21.1 Å². The molecule has 2 atom stereocenters. The first-order chi connectivity index (χ1) is 18.9. The number of hydrogen-bond acceptors (Lipinski definition) is 6. The minimum absolute atomic E-state index is 0.0872. The van der Waals surface area contributed by atoms with Crippen LogP contribution in [-0.2, 0) is 20.9 Å². The summed E-state index contributed by atoms with van der Waals surface area (Å²) in [5, 5.41) is 11.8. The van der Waals surface area contributed by atoms with Crippen molar-refractivity contribution in [3.8, 4) is 0 Å². The van der Waals surface area contributed by atoms with Crippen LogP contribution in [0.3, 0.4) is 0 Å². The highest BCUT2D eigenvalue weighted by molar-refractivity contribution is 5.98. The van der Waals surface area contributed by atoms with Crippen LogP contribution in [0.4, 0.5) is 13.2 Å². The minimum Gasteiger partial charge on any atom is -0.475 e. The zero-order valence-electron chi connectivity index (χ0n) is 22.3. The molecule has 1 aliphatic rings. The molecule has 40 heavy (non-hydrogen) atoms. The third kappa shape index (κ3) is 9.65. The van der Waals surface area contributed by atoms with Gasteiger partial charge in [0.1, 0.15) is 6.04 Å². The largest absolute Gasteiger partial charge is 0.490 e. The maximum absolute atomic E-state index is 13.3. The second-order valence-corrected chi connectivity index (χ2v) is 9.14. The number of rotatable bonds is 8. The molecule has 0 bridgehead atoms. The third-order valence-electron chi connectivity index (χ3n) is 6.23. The molecular weight excluding hydrogens is 531 g/mol. The van der Waals surface area contributed by atoms with Gasteiger partial charge in [0, 0.05) is 38.8 Å². The molecule has 1 heterocycles. The van der Waals surface area contributed by atoms with E-state index in [0.717, 1.165) is 18.4 Å². The van der Waals surface area contributed by atoms with Crippen LogP contribution >= 0.6 is 0 Å². The molecule has 2 unspecified atom stereocenters. The van der Waals surface area contributed by atoms with Crippen LogP contribution in [-0.4, -0.2) is 71.6 Å². The van der Waals surface area contributed by atoms with E-state index >= 15 is 0 Å². The number of benzene rings is 2. The molecule has 0 radical (unpaired) electrons. The van der Waals surface area contributed by atoms with Crippen LogP contribution < -0.4 is 16.5 Å². The lowest BCUT2D eigenvalue weighted by Crippen LogP contribution is -2.53. The summed E-state index contributed by atoms with van der Waals surface area (Å²) in [4.78, 5) is 49.4. The van der Waals surface area contributed by atoms with Crippen molar-refractivity contribution in [1.29, 1.82) is 0 Å². The number of nitrogens with two attached hydrogens (primary N) is 1. The molecule has 1 aliphatic heterocycles. The summed E-state index contributed by atoms with van der Waals surface area (Å²) in [5.41, 5.74) is 10.6. The maximum atomic E-state index is 13.3. The van der Waals surface area contributed by atoms with Gasteiger partial charge in [-0.3, -0.25) is 19.8 Å². The van der Waals surface area contributed by atoms with Crippen molar-refractivity contribution in [1.82, 2.24) is 20.7 Å². The summed E-state index contributed by atoms with van der Waals surface area (Å²) >= 11 is 0. The van der Waals surface area contributed by atoms with Gasteiger partial charge in [-0.1, -0.05) is 42.5 Å². The SMILES string of the molecule is CCN(C)C(=O)C1CCCN(NC(=O)C(NC(=O)c2cccc(CN)c2)c2ccccc2)C1.O=C(O)C(F)(F)F. The number of carbonyl (C=O) groups is 4. The Morgan fingerprint density at radius 3 is 2.35 bits per heavy atom. The molecule has 3 amide bonds. The molecular formula is C27H34F3N5O5. The van der Waals surface area contributed by atoms with Crippen LogP contribution in [0.15, 0.2) is 54.6 Å². The smallest absolute Gasteiger partial charge is 0.475 e. The summed E-state index contributed by atoms with van der Waals surface area (Å²) in [6, 6.07) is 15.3. The van der Waals surface area contributed by atoms with Gasteiger partial charge in [0.05, 0.1) is 5.92 Å². The Labute approximate surface area is 230 Å². The van der Waals surface area contributed by atoms with Crippen LogP contribution in [0.25, 0.3) is 0 Å². The highest BCUT2D eigenvalue weighted by atomic mass is 19.4. The van der Waals surface area contributed by atoms with Crippen LogP contribution in [0.1, 0.15) is 47.3 Å². The lowest BCUT2D eigenvalue weighted by atomic mass is 9.97. The van der Waals surface area contributed by atoms with E-state index in [0.29, 0.717) is 37.3 Å². The Morgan fingerprint density at radius 1 is 1.12 bits per heavy atom. The zero-order valence-corrected chi connectivity index (χ0v) is 22.3. The molecule has 1 saturated heterocycles. The highest BCUT2D eigenvalue weighted by Crippen LogP contribution is 2.19. The Bertz CT molecular complexity index is 1160. The van der Waals surface area contributed by atoms with Gasteiger partial charge in [-0.25, -0.2) is 9.80 Å². The zero-order chi connectivity index (χ0) is 29.9. The summed E-state index contributed by atoms with van der Waals surface area (Å²) in [6.07, 6.45) is -3.48. The fourth-order valence-electron chi connectivity index (χ4n) is 3.97. The standard InChI is InChI=1S/C25H33N5O3.C2HF3O2/c1-3-29(2)25(33)21-13-8-14-30(17-21)28-24(32)22(19-10-5-4-6-11-19)27-23(31)20-12-7-9-18(15-20)16-26;3-2(4,5)1(6)7/h4-7,9-12,15,21-22H,3,8,13-14,16-17,26H2,1-2H3,(H,27,31)(H,28,32);(H,6,7). The van der Waals surface area contributed by atoms with Gasteiger partial charge in [-0.2, -0.15) is 13.2 Å². The summed E-state index contributed by atoms with van der Waals surface area (Å²) in [6.45, 7) is 4.01. The predicted molar refractivity (Wildman–Crippen MR) is 140 cm³/mol. The first-order valence-electron chi connectivity index (χ1n) is 12.6. The van der Waals surface area contributed by atoms with Crippen LogP contribution in [0, 0.1) is 5.92 Å². The molecule has 2 aromatic carbocycles. The number of carboxylic acid groups (broad SMARTS) is 1. The molecule has 0 spiro atoms. The van der Waals surface area contributed by atoms with Crippen molar-refractivity contribution >= 4 is 23.7 Å². The molecule has 3 rings (SSSR count). The quantitative estimate of drug-likeness (QED) is 0.385. The molecule has 1 fully saturated rings. The normalized spacial score (nSPS) is 16.1. The number of aliphatic carboxylic acids is 1. The number of hydrazine groups is 1. The van der Waals surface area contributed by atoms with Gasteiger partial charge in [0.2, 0.25) is 5.91 Å². The van der Waals surface area contributed by atoms with Crippen LogP contribution in [0.5, 0.6) is 0 Å². The highest BCUT2D eigenvalue weighted by Gasteiger charge is 2.38. The van der Waals surface area contributed by atoms with Crippen molar-refractivity contribution in [3.63, 3.8) is 0 Å². The topological polar surface area (TPSA) is 145 Å². The molecule has 13 heteroatoms. The van der Waals surface area contributed by atoms with E-state index in [1.807, 2.05) is 31.2 Å². The Hall–Kier alpha value is -3.97. The van der Waals surface area contributed by atoms with Crippen LogP contribution in [0.2, 0.25) is 0 Å². The average Bonchev–Trinajstić information content (AvgIpc) is 2.95. The molecule has 5 N–H and O–H groups in total. The maximum Gasteiger partial charge on any atom is 0.490 e. The first kappa shape index (κ1) is 32.2. The van der Waals surface area contributed by atoms with E-state index < -0.39 is 18.2 Å². The number of amides is 3. The third-order valence-corrected chi connectivity index (χ3v) is 6.23. The summed E-state index contributed by atoms with van der Waals surface area (Å²) in [7, 11) is 1.79. The van der Waals surface area contributed by atoms with Crippen molar-refractivity contribution in [3.05, 3.63) is 71.3 Å². The Kier molecular flexibility index (Phi) is 12.1. The van der Waals surface area contributed by atoms with E-state index in [-0.39, 0.29) is 23.6 Å². The molecule has 0 saturated carbocycles. The fourth-order valence-corrected chi connectivity index (χ4v) is 3.97. The van der Waals surface area contributed by atoms with Crippen molar-refractivity contribution in [2.75, 3.05) is 26.7 Å². The van der Waals surface area contributed by atoms with Gasteiger partial charge >= 0.3 is 12.1 Å². The fraction of sp³-hybridized carbons (Fsp3) is 0.407. The lowest BCUT2D eigenvalue weighted by Gasteiger charge is -2.34. The first-order valence-corrected chi connectivity index (χ1v) is 12.6. The van der Waals surface area contributed by atoms with Crippen molar-refractivity contribution in [2.45, 2.75) is 38.5 Å². The minimum atomic E-state index is -5.08.